The number of carboxylic acid groups (broad SMARTS) is 1. The van der Waals surface area contributed by atoms with Gasteiger partial charge in [0.15, 0.2) is 0 Å². The number of carbonyl (C=O) groups is 2. The molecule has 0 saturated heterocycles. The molecule has 1 amide bonds. The minimum atomic E-state index is -1.03. The number of hydrogen-bond acceptors (Lipinski definition) is 2. The Morgan fingerprint density at radius 1 is 1.12 bits per heavy atom. The van der Waals surface area contributed by atoms with Crippen molar-refractivity contribution in [3.63, 3.8) is 0 Å². The van der Waals surface area contributed by atoms with Gasteiger partial charge in [0.1, 0.15) is 0 Å². The molecule has 1 aromatic carbocycles. The molecule has 0 radical (unpaired) electrons. The fraction of sp³-hybridized carbons (Fsp3) is 0.385. The first-order valence-electron chi connectivity index (χ1n) is 5.36. The molecular formula is C13H17NO3. The summed E-state index contributed by atoms with van der Waals surface area (Å²) in [7, 11) is 1.52. The third-order valence-electron chi connectivity index (χ3n) is 2.54. The van der Waals surface area contributed by atoms with Crippen molar-refractivity contribution in [3.8, 4) is 0 Å². The van der Waals surface area contributed by atoms with Gasteiger partial charge < -0.3 is 10.4 Å². The number of aromatic carboxylic acids is 1. The van der Waals surface area contributed by atoms with Gasteiger partial charge in [-0.3, -0.25) is 4.79 Å². The van der Waals surface area contributed by atoms with Gasteiger partial charge in [0.05, 0.1) is 5.56 Å². The zero-order chi connectivity index (χ0) is 13.2. The maximum atomic E-state index is 11.6. The Labute approximate surface area is 101 Å². The van der Waals surface area contributed by atoms with E-state index in [1.165, 1.54) is 13.1 Å². The Morgan fingerprint density at radius 2 is 1.65 bits per heavy atom. The van der Waals surface area contributed by atoms with Crippen LogP contribution in [0.1, 0.15) is 47.1 Å². The van der Waals surface area contributed by atoms with Crippen LogP contribution in [0.25, 0.3) is 0 Å². The highest BCUT2D eigenvalue weighted by Crippen LogP contribution is 2.24. The minimum Gasteiger partial charge on any atom is -0.478 e. The van der Waals surface area contributed by atoms with Crippen molar-refractivity contribution in [2.45, 2.75) is 26.2 Å². The van der Waals surface area contributed by atoms with Gasteiger partial charge in [-0.2, -0.15) is 0 Å². The smallest absolute Gasteiger partial charge is 0.335 e. The van der Waals surface area contributed by atoms with Crippen LogP contribution in [0.3, 0.4) is 0 Å². The average Bonchev–Trinajstić information content (AvgIpc) is 2.26. The van der Waals surface area contributed by atoms with Crippen LogP contribution in [0.15, 0.2) is 18.2 Å². The second-order valence-corrected chi connectivity index (χ2v) is 4.93. The molecule has 0 unspecified atom stereocenters. The second-order valence-electron chi connectivity index (χ2n) is 4.93. The summed E-state index contributed by atoms with van der Waals surface area (Å²) >= 11 is 0. The Balaban J connectivity index is 3.39. The Hall–Kier alpha value is -1.84. The van der Waals surface area contributed by atoms with E-state index in [4.69, 9.17) is 5.11 Å². The standard InChI is InChI=1S/C13H17NO3/c1-13(2,3)10-6-8(11(15)14-4)5-9(7-10)12(16)17/h5-7H,1-4H3,(H,14,15)(H,16,17). The van der Waals surface area contributed by atoms with Crippen LogP contribution in [-0.2, 0) is 5.41 Å². The summed E-state index contributed by atoms with van der Waals surface area (Å²) in [5.74, 6) is -1.31. The van der Waals surface area contributed by atoms with Crippen molar-refractivity contribution in [2.24, 2.45) is 0 Å². The maximum absolute atomic E-state index is 11.6. The molecule has 1 aromatic rings. The zero-order valence-corrected chi connectivity index (χ0v) is 10.5. The summed E-state index contributed by atoms with van der Waals surface area (Å²) in [6.07, 6.45) is 0. The van der Waals surface area contributed by atoms with E-state index in [1.807, 2.05) is 20.8 Å². The first-order chi connectivity index (χ1) is 7.75. The van der Waals surface area contributed by atoms with Gasteiger partial charge in [-0.15, -0.1) is 0 Å². The molecule has 1 rings (SSSR count). The quantitative estimate of drug-likeness (QED) is 0.824. The summed E-state index contributed by atoms with van der Waals surface area (Å²) in [5, 5.41) is 11.5. The highest BCUT2D eigenvalue weighted by atomic mass is 16.4. The van der Waals surface area contributed by atoms with Crippen molar-refractivity contribution >= 4 is 11.9 Å². The lowest BCUT2D eigenvalue weighted by Crippen LogP contribution is -2.20. The molecule has 0 bridgehead atoms. The molecule has 4 heteroatoms. The largest absolute Gasteiger partial charge is 0.478 e. The van der Waals surface area contributed by atoms with Crippen molar-refractivity contribution in [3.05, 3.63) is 34.9 Å². The van der Waals surface area contributed by atoms with Gasteiger partial charge in [0.2, 0.25) is 0 Å². The average molecular weight is 235 g/mol. The van der Waals surface area contributed by atoms with Crippen molar-refractivity contribution in [2.75, 3.05) is 7.05 Å². The van der Waals surface area contributed by atoms with E-state index in [0.29, 0.717) is 5.56 Å². The molecule has 0 aromatic heterocycles. The van der Waals surface area contributed by atoms with Crippen LogP contribution >= 0.6 is 0 Å². The number of hydrogen-bond donors (Lipinski definition) is 2. The number of amides is 1. The second kappa shape index (κ2) is 4.57. The summed E-state index contributed by atoms with van der Waals surface area (Å²) < 4.78 is 0. The van der Waals surface area contributed by atoms with Gasteiger partial charge in [0, 0.05) is 12.6 Å². The number of nitrogens with one attached hydrogen (secondary N) is 1. The molecule has 0 heterocycles. The number of benzene rings is 1. The molecule has 2 N–H and O–H groups in total. The number of carboxylic acids is 1. The first kappa shape index (κ1) is 13.2. The SMILES string of the molecule is CNC(=O)c1cc(C(=O)O)cc(C(C)(C)C)c1. The van der Waals surface area contributed by atoms with Crippen molar-refractivity contribution in [1.29, 1.82) is 0 Å². The van der Waals surface area contributed by atoms with Crippen LogP contribution in [0.2, 0.25) is 0 Å². The molecular weight excluding hydrogens is 218 g/mol. The highest BCUT2D eigenvalue weighted by Gasteiger charge is 2.19. The molecule has 0 aliphatic rings. The Morgan fingerprint density at radius 3 is 2.06 bits per heavy atom. The van der Waals surface area contributed by atoms with Gasteiger partial charge >= 0.3 is 5.97 Å². The predicted molar refractivity (Wildman–Crippen MR) is 65.5 cm³/mol. The molecule has 0 spiro atoms. The predicted octanol–water partition coefficient (Wildman–Crippen LogP) is 2.04. The Kier molecular flexibility index (Phi) is 3.56. The lowest BCUT2D eigenvalue weighted by molar-refractivity contribution is 0.0696. The third kappa shape index (κ3) is 3.06. The van der Waals surface area contributed by atoms with Crippen molar-refractivity contribution in [1.82, 2.24) is 5.32 Å². The molecule has 0 fully saturated rings. The van der Waals surface area contributed by atoms with Crippen LogP contribution in [-0.4, -0.2) is 24.0 Å². The van der Waals surface area contributed by atoms with Crippen LogP contribution in [0.4, 0.5) is 0 Å². The van der Waals surface area contributed by atoms with Gasteiger partial charge in [-0.05, 0) is 29.2 Å². The lowest BCUT2D eigenvalue weighted by atomic mass is 9.85. The number of rotatable bonds is 2. The highest BCUT2D eigenvalue weighted by molar-refractivity contribution is 5.97. The van der Waals surface area contributed by atoms with Gasteiger partial charge in [-0.25, -0.2) is 4.79 Å². The molecule has 92 valence electrons. The third-order valence-corrected chi connectivity index (χ3v) is 2.54. The fourth-order valence-corrected chi connectivity index (χ4v) is 1.46. The monoisotopic (exact) mass is 235 g/mol. The maximum Gasteiger partial charge on any atom is 0.335 e. The van der Waals surface area contributed by atoms with Crippen LogP contribution in [0, 0.1) is 0 Å². The zero-order valence-electron chi connectivity index (χ0n) is 10.5. The van der Waals surface area contributed by atoms with Crippen LogP contribution < -0.4 is 5.32 Å². The molecule has 0 aliphatic carbocycles. The topological polar surface area (TPSA) is 66.4 Å². The van der Waals surface area contributed by atoms with E-state index in [9.17, 15) is 9.59 Å². The summed E-state index contributed by atoms with van der Waals surface area (Å²) in [6.45, 7) is 5.92. The van der Waals surface area contributed by atoms with E-state index in [2.05, 4.69) is 5.32 Å². The first-order valence-corrected chi connectivity index (χ1v) is 5.36. The van der Waals surface area contributed by atoms with E-state index in [-0.39, 0.29) is 16.9 Å². The minimum absolute atomic E-state index is 0.135. The van der Waals surface area contributed by atoms with E-state index < -0.39 is 5.97 Å². The molecule has 0 saturated carbocycles. The van der Waals surface area contributed by atoms with Gasteiger partial charge in [-0.1, -0.05) is 20.8 Å². The summed E-state index contributed by atoms with van der Waals surface area (Å²) in [6, 6.07) is 4.72. The molecule has 17 heavy (non-hydrogen) atoms. The van der Waals surface area contributed by atoms with E-state index in [0.717, 1.165) is 5.56 Å². The fourth-order valence-electron chi connectivity index (χ4n) is 1.46. The van der Waals surface area contributed by atoms with E-state index in [1.54, 1.807) is 12.1 Å². The summed E-state index contributed by atoms with van der Waals surface area (Å²) in [4.78, 5) is 22.6. The van der Waals surface area contributed by atoms with Crippen molar-refractivity contribution < 1.29 is 14.7 Å². The Bertz CT molecular complexity index is 458. The summed E-state index contributed by atoms with van der Waals surface area (Å²) in [5.41, 5.74) is 1.14. The van der Waals surface area contributed by atoms with Crippen LogP contribution in [0.5, 0.6) is 0 Å². The van der Waals surface area contributed by atoms with Gasteiger partial charge in [0.25, 0.3) is 5.91 Å². The molecule has 0 atom stereocenters. The normalized spacial score (nSPS) is 11.1. The lowest BCUT2D eigenvalue weighted by Gasteiger charge is -2.20. The molecule has 4 nitrogen and oxygen atoms in total. The molecule has 0 aliphatic heterocycles. The van der Waals surface area contributed by atoms with E-state index >= 15 is 0 Å². The number of carbonyl (C=O) groups excluding carboxylic acids is 1.